The highest BCUT2D eigenvalue weighted by Gasteiger charge is 2.50. The van der Waals surface area contributed by atoms with Crippen molar-refractivity contribution in [3.63, 3.8) is 0 Å². The number of ether oxygens (including phenoxy) is 1. The second-order valence-electron chi connectivity index (χ2n) is 13.0. The number of carbonyl (C=O) groups excluding carboxylic acids is 1. The predicted molar refractivity (Wildman–Crippen MR) is 175 cm³/mol. The van der Waals surface area contributed by atoms with Gasteiger partial charge in [0.2, 0.25) is 0 Å². The van der Waals surface area contributed by atoms with Gasteiger partial charge in [0.05, 0.1) is 48.9 Å². The minimum atomic E-state index is -1.05. The van der Waals surface area contributed by atoms with Crippen LogP contribution in [-0.2, 0) is 29.0 Å². The van der Waals surface area contributed by atoms with Crippen LogP contribution in [0.1, 0.15) is 30.5 Å². The van der Waals surface area contributed by atoms with Gasteiger partial charge in [-0.25, -0.2) is 9.18 Å². The number of nitriles is 1. The summed E-state index contributed by atoms with van der Waals surface area (Å²) in [4.78, 5) is 39.4. The molecule has 7 rings (SSSR count). The van der Waals surface area contributed by atoms with Crippen molar-refractivity contribution in [2.45, 2.75) is 56.4 Å². The Labute approximate surface area is 272 Å². The summed E-state index contributed by atoms with van der Waals surface area (Å²) in [6.45, 7) is 6.98. The van der Waals surface area contributed by atoms with Gasteiger partial charge in [0.15, 0.2) is 5.83 Å². The standard InChI is InChI=1S/C34H37ClFN7O3/c1-22(36)32(44)41-15-14-40(17-25(41)11-12-37)31-26-16-34(20-46-21-34)43(28-10-4-7-23-6-3-9-27(35)30(23)28)19-29(26)42(33(45)38-31)18-24-8-5-13-39(24)2/h3-4,6-7,9-10,24-25H,1,5,8,11,13-21H2,2H3/t24-,25-/m0/s1. The molecule has 4 aliphatic rings. The Morgan fingerprint density at radius 3 is 2.65 bits per heavy atom. The van der Waals surface area contributed by atoms with Crippen molar-refractivity contribution in [3.05, 3.63) is 75.6 Å². The summed E-state index contributed by atoms with van der Waals surface area (Å²) >= 11 is 6.83. The predicted octanol–water partition coefficient (Wildman–Crippen LogP) is 3.89. The lowest BCUT2D eigenvalue weighted by molar-refractivity contribution is -0.131. The molecule has 2 atom stereocenters. The molecule has 0 unspecified atom stereocenters. The van der Waals surface area contributed by atoms with Crippen molar-refractivity contribution in [1.82, 2.24) is 19.4 Å². The molecular formula is C34H37ClFN7O3. The van der Waals surface area contributed by atoms with E-state index in [1.807, 2.05) is 27.7 Å². The summed E-state index contributed by atoms with van der Waals surface area (Å²) < 4.78 is 21.6. The molecule has 12 heteroatoms. The molecule has 2 aromatic carbocycles. The summed E-state index contributed by atoms with van der Waals surface area (Å²) in [5.74, 6) is -1.28. The van der Waals surface area contributed by atoms with Gasteiger partial charge in [-0.3, -0.25) is 9.36 Å². The maximum Gasteiger partial charge on any atom is 0.349 e. The van der Waals surface area contributed by atoms with E-state index in [1.54, 1.807) is 0 Å². The Morgan fingerprint density at radius 1 is 1.20 bits per heavy atom. The number of likely N-dealkylation sites (tertiary alicyclic amines) is 1. The lowest BCUT2D eigenvalue weighted by Gasteiger charge is -2.54. The van der Waals surface area contributed by atoms with Crippen molar-refractivity contribution in [3.8, 4) is 6.07 Å². The van der Waals surface area contributed by atoms with Crippen LogP contribution in [0, 0.1) is 11.3 Å². The lowest BCUT2D eigenvalue weighted by Crippen LogP contribution is -2.66. The van der Waals surface area contributed by atoms with Crippen molar-refractivity contribution in [2.75, 3.05) is 56.2 Å². The van der Waals surface area contributed by atoms with Crippen molar-refractivity contribution in [2.24, 2.45) is 0 Å². The zero-order chi connectivity index (χ0) is 32.2. The van der Waals surface area contributed by atoms with Crippen molar-refractivity contribution >= 4 is 39.8 Å². The minimum absolute atomic E-state index is 0.0240. The van der Waals surface area contributed by atoms with Gasteiger partial charge in [-0.2, -0.15) is 10.2 Å². The zero-order valence-corrected chi connectivity index (χ0v) is 26.7. The van der Waals surface area contributed by atoms with Gasteiger partial charge >= 0.3 is 5.69 Å². The molecule has 0 N–H and O–H groups in total. The zero-order valence-electron chi connectivity index (χ0n) is 25.9. The number of aromatic nitrogens is 2. The molecule has 5 heterocycles. The van der Waals surface area contributed by atoms with Crippen LogP contribution >= 0.6 is 11.6 Å². The van der Waals surface area contributed by atoms with Crippen LogP contribution in [0.5, 0.6) is 0 Å². The van der Waals surface area contributed by atoms with Crippen molar-refractivity contribution in [1.29, 1.82) is 5.26 Å². The van der Waals surface area contributed by atoms with Gasteiger partial charge in [0, 0.05) is 61.0 Å². The Morgan fingerprint density at radius 2 is 1.98 bits per heavy atom. The van der Waals surface area contributed by atoms with Gasteiger partial charge in [-0.05, 0) is 44.0 Å². The molecule has 1 amide bonds. The summed E-state index contributed by atoms with van der Waals surface area (Å²) in [6.07, 6.45) is 2.71. The SMILES string of the molecule is C=C(F)C(=O)N1CCN(c2nc(=O)n(C[C@@H]3CCCN3C)c3c2CC2(COC2)N(c2cccc4cccc(Cl)c24)C3)C[C@@H]1CC#N. The number of anilines is 2. The molecule has 46 heavy (non-hydrogen) atoms. The highest BCUT2D eigenvalue weighted by Crippen LogP contribution is 2.45. The maximum absolute atomic E-state index is 14.0. The van der Waals surface area contributed by atoms with Crippen LogP contribution in [-0.4, -0.2) is 89.3 Å². The maximum atomic E-state index is 14.0. The highest BCUT2D eigenvalue weighted by atomic mass is 35.5. The monoisotopic (exact) mass is 645 g/mol. The number of hydrogen-bond donors (Lipinski definition) is 0. The number of amides is 1. The third kappa shape index (κ3) is 5.13. The van der Waals surface area contributed by atoms with Gasteiger partial charge in [0.1, 0.15) is 5.82 Å². The molecule has 0 aliphatic carbocycles. The molecule has 0 saturated carbocycles. The second-order valence-corrected chi connectivity index (χ2v) is 13.4. The smallest absolute Gasteiger partial charge is 0.349 e. The number of likely N-dealkylation sites (N-methyl/N-ethyl adjacent to an activating group) is 1. The van der Waals surface area contributed by atoms with E-state index < -0.39 is 17.8 Å². The van der Waals surface area contributed by atoms with E-state index in [4.69, 9.17) is 21.3 Å². The van der Waals surface area contributed by atoms with E-state index in [2.05, 4.69) is 47.7 Å². The second kappa shape index (κ2) is 12.0. The molecule has 4 aliphatic heterocycles. The Kier molecular flexibility index (Phi) is 7.99. The Balaban J connectivity index is 1.35. The molecule has 1 spiro atoms. The van der Waals surface area contributed by atoms with Crippen molar-refractivity contribution < 1.29 is 13.9 Å². The van der Waals surface area contributed by atoms with Gasteiger partial charge in [-0.15, -0.1) is 0 Å². The summed E-state index contributed by atoms with van der Waals surface area (Å²) in [5.41, 5.74) is 2.19. The van der Waals surface area contributed by atoms with Crippen LogP contribution in [0.25, 0.3) is 10.8 Å². The van der Waals surface area contributed by atoms with Crippen LogP contribution in [0.4, 0.5) is 15.9 Å². The molecule has 10 nitrogen and oxygen atoms in total. The third-order valence-electron chi connectivity index (χ3n) is 10.3. The van der Waals surface area contributed by atoms with E-state index in [0.717, 1.165) is 47.1 Å². The number of hydrogen-bond acceptors (Lipinski definition) is 8. The molecular weight excluding hydrogens is 609 g/mol. The first-order valence-electron chi connectivity index (χ1n) is 15.8. The van der Waals surface area contributed by atoms with E-state index in [-0.39, 0.29) is 36.8 Å². The van der Waals surface area contributed by atoms with Crippen LogP contribution < -0.4 is 15.5 Å². The topological polar surface area (TPSA) is 97.9 Å². The third-order valence-corrected chi connectivity index (χ3v) is 10.6. The first kappa shape index (κ1) is 30.7. The molecule has 3 aromatic rings. The number of nitrogens with zero attached hydrogens (tertiary/aromatic N) is 7. The van der Waals surface area contributed by atoms with E-state index in [1.165, 1.54) is 4.90 Å². The molecule has 240 valence electrons. The number of halogens is 2. The fraction of sp³-hybridized carbons (Fsp3) is 0.471. The quantitative estimate of drug-likeness (QED) is 0.373. The van der Waals surface area contributed by atoms with E-state index in [9.17, 15) is 19.2 Å². The van der Waals surface area contributed by atoms with E-state index in [0.29, 0.717) is 50.1 Å². The Bertz CT molecular complexity index is 1810. The number of carbonyl (C=O) groups is 1. The Hall–Kier alpha value is -3.98. The van der Waals surface area contributed by atoms with Gasteiger partial charge in [-0.1, -0.05) is 42.4 Å². The average Bonchev–Trinajstić information content (AvgIpc) is 3.44. The highest BCUT2D eigenvalue weighted by molar-refractivity contribution is 6.36. The average molecular weight is 646 g/mol. The van der Waals surface area contributed by atoms with Gasteiger partial charge < -0.3 is 24.3 Å². The first-order valence-corrected chi connectivity index (χ1v) is 16.2. The summed E-state index contributed by atoms with van der Waals surface area (Å²) in [5, 5.41) is 12.2. The van der Waals surface area contributed by atoms with Crippen LogP contribution in [0.2, 0.25) is 5.02 Å². The molecule has 3 fully saturated rings. The fourth-order valence-corrected chi connectivity index (χ4v) is 8.07. The number of benzene rings is 2. The largest absolute Gasteiger partial charge is 0.376 e. The van der Waals surface area contributed by atoms with Gasteiger partial charge in [0.25, 0.3) is 5.91 Å². The van der Waals surface area contributed by atoms with E-state index >= 15 is 0 Å². The normalized spacial score (nSPS) is 22.5. The molecule has 1 aromatic heterocycles. The number of rotatable bonds is 6. The van der Waals surface area contributed by atoms with Crippen LogP contribution in [0.3, 0.4) is 0 Å². The van der Waals surface area contributed by atoms with Crippen LogP contribution in [0.15, 0.2) is 53.6 Å². The minimum Gasteiger partial charge on any atom is -0.376 e. The lowest BCUT2D eigenvalue weighted by atomic mass is 9.81. The molecule has 0 bridgehead atoms. The molecule has 0 radical (unpaired) electrons. The summed E-state index contributed by atoms with van der Waals surface area (Å²) in [7, 11) is 2.10. The first-order chi connectivity index (χ1) is 22.2. The summed E-state index contributed by atoms with van der Waals surface area (Å²) in [6, 6.07) is 13.9. The number of fused-ring (bicyclic) bond motifs is 2. The molecule has 3 saturated heterocycles. The fourth-order valence-electron chi connectivity index (χ4n) is 7.79. The number of piperazine rings is 1.